The van der Waals surface area contributed by atoms with Gasteiger partial charge in [0.1, 0.15) is 5.75 Å². The van der Waals surface area contributed by atoms with Gasteiger partial charge in [0.2, 0.25) is 0 Å². The van der Waals surface area contributed by atoms with E-state index < -0.39 is 0 Å². The normalized spacial score (nSPS) is 12.7. The summed E-state index contributed by atoms with van der Waals surface area (Å²) < 4.78 is 0. The number of hydrogen-bond donors (Lipinski definition) is 1. The second-order valence-electron chi connectivity index (χ2n) is 6.27. The minimum Gasteiger partial charge on any atom is -0.508 e. The molecular formula is C21H23NO. The van der Waals surface area contributed by atoms with Crippen LogP contribution in [-0.4, -0.2) is 17.1 Å². The molecule has 0 amide bonds. The van der Waals surface area contributed by atoms with E-state index >= 15 is 0 Å². The van der Waals surface area contributed by atoms with E-state index in [4.69, 9.17) is 0 Å². The zero-order valence-corrected chi connectivity index (χ0v) is 14.0. The number of fused-ring (bicyclic) bond motifs is 1. The summed E-state index contributed by atoms with van der Waals surface area (Å²) in [5.41, 5.74) is 3.71. The Labute approximate surface area is 138 Å². The number of phenolic OH excluding ortho intramolecular Hbond substituents is 1. The van der Waals surface area contributed by atoms with Crippen LogP contribution in [-0.2, 0) is 6.54 Å². The van der Waals surface area contributed by atoms with Crippen molar-refractivity contribution >= 4 is 10.8 Å². The molecule has 0 saturated carbocycles. The average Bonchev–Trinajstić information content (AvgIpc) is 2.57. The summed E-state index contributed by atoms with van der Waals surface area (Å²) in [6, 6.07) is 20.9. The van der Waals surface area contributed by atoms with E-state index in [1.807, 2.05) is 12.1 Å². The number of rotatable bonds is 4. The zero-order valence-electron chi connectivity index (χ0n) is 14.0. The molecule has 0 fully saturated rings. The molecule has 0 radical (unpaired) electrons. The lowest BCUT2D eigenvalue weighted by atomic mass is 9.98. The van der Waals surface area contributed by atoms with Crippen LogP contribution in [0, 0.1) is 6.92 Å². The summed E-state index contributed by atoms with van der Waals surface area (Å²) in [5, 5.41) is 12.3. The highest BCUT2D eigenvalue weighted by Gasteiger charge is 2.15. The van der Waals surface area contributed by atoms with E-state index in [-0.39, 0.29) is 0 Å². The Kier molecular flexibility index (Phi) is 4.35. The predicted molar refractivity (Wildman–Crippen MR) is 96.7 cm³/mol. The topological polar surface area (TPSA) is 23.5 Å². The standard InChI is InChI=1S/C21H23NO/c1-15-11-12-19(23)13-18(15)14-22(3)16(2)20-10-6-8-17-7-4-5-9-21(17)20/h4-13,16,23H,14H2,1-3H3/t16-/m1/s1. The first kappa shape index (κ1) is 15.6. The highest BCUT2D eigenvalue weighted by molar-refractivity contribution is 5.86. The maximum Gasteiger partial charge on any atom is 0.115 e. The largest absolute Gasteiger partial charge is 0.508 e. The number of phenols is 1. The Morgan fingerprint density at radius 1 is 1.00 bits per heavy atom. The first-order valence-corrected chi connectivity index (χ1v) is 8.02. The SMILES string of the molecule is Cc1ccc(O)cc1CN(C)[C@H](C)c1cccc2ccccc12. The fourth-order valence-corrected chi connectivity index (χ4v) is 3.09. The first-order valence-electron chi connectivity index (χ1n) is 8.02. The van der Waals surface area contributed by atoms with Crippen LogP contribution in [0.5, 0.6) is 5.75 Å². The lowest BCUT2D eigenvalue weighted by Crippen LogP contribution is -2.22. The molecular weight excluding hydrogens is 282 g/mol. The van der Waals surface area contributed by atoms with Crippen LogP contribution in [0.1, 0.15) is 29.7 Å². The van der Waals surface area contributed by atoms with E-state index in [0.717, 1.165) is 6.54 Å². The van der Waals surface area contributed by atoms with Gasteiger partial charge in [-0.3, -0.25) is 4.90 Å². The predicted octanol–water partition coefficient (Wildman–Crippen LogP) is 5.05. The molecule has 23 heavy (non-hydrogen) atoms. The molecule has 0 aliphatic rings. The number of benzene rings is 3. The summed E-state index contributed by atoms with van der Waals surface area (Å²) in [5.74, 6) is 0.330. The van der Waals surface area contributed by atoms with Crippen molar-refractivity contribution in [3.8, 4) is 5.75 Å². The number of aryl methyl sites for hydroxylation is 1. The van der Waals surface area contributed by atoms with Gasteiger partial charge in [0, 0.05) is 12.6 Å². The molecule has 2 nitrogen and oxygen atoms in total. The summed E-state index contributed by atoms with van der Waals surface area (Å²) in [7, 11) is 2.13. The van der Waals surface area contributed by atoms with Crippen LogP contribution < -0.4 is 0 Å². The quantitative estimate of drug-likeness (QED) is 0.729. The van der Waals surface area contributed by atoms with E-state index in [9.17, 15) is 5.11 Å². The minimum atomic E-state index is 0.294. The Balaban J connectivity index is 1.89. The lowest BCUT2D eigenvalue weighted by Gasteiger charge is -2.27. The van der Waals surface area contributed by atoms with Crippen molar-refractivity contribution in [3.63, 3.8) is 0 Å². The molecule has 0 saturated heterocycles. The maximum atomic E-state index is 9.73. The molecule has 0 unspecified atom stereocenters. The number of nitrogens with zero attached hydrogens (tertiary/aromatic N) is 1. The van der Waals surface area contributed by atoms with Crippen molar-refractivity contribution in [2.75, 3.05) is 7.05 Å². The zero-order chi connectivity index (χ0) is 16.4. The molecule has 0 aliphatic carbocycles. The third kappa shape index (κ3) is 3.22. The monoisotopic (exact) mass is 305 g/mol. The summed E-state index contributed by atoms with van der Waals surface area (Å²) in [6.07, 6.45) is 0. The van der Waals surface area contributed by atoms with Crippen LogP contribution >= 0.6 is 0 Å². The second kappa shape index (κ2) is 6.43. The smallest absolute Gasteiger partial charge is 0.115 e. The van der Waals surface area contributed by atoms with Gasteiger partial charge < -0.3 is 5.11 Å². The molecule has 2 heteroatoms. The molecule has 1 N–H and O–H groups in total. The lowest BCUT2D eigenvalue weighted by molar-refractivity contribution is 0.253. The van der Waals surface area contributed by atoms with Crippen LogP contribution in [0.15, 0.2) is 60.7 Å². The van der Waals surface area contributed by atoms with Crippen LogP contribution in [0.2, 0.25) is 0 Å². The molecule has 1 atom stereocenters. The van der Waals surface area contributed by atoms with Gasteiger partial charge in [-0.2, -0.15) is 0 Å². The van der Waals surface area contributed by atoms with Crippen LogP contribution in [0.4, 0.5) is 0 Å². The average molecular weight is 305 g/mol. The molecule has 3 aromatic carbocycles. The Bertz CT molecular complexity index is 820. The Morgan fingerprint density at radius 2 is 1.74 bits per heavy atom. The highest BCUT2D eigenvalue weighted by Crippen LogP contribution is 2.29. The molecule has 3 aromatic rings. The van der Waals surface area contributed by atoms with Gasteiger partial charge in [0.05, 0.1) is 0 Å². The van der Waals surface area contributed by atoms with Gasteiger partial charge in [-0.25, -0.2) is 0 Å². The fourth-order valence-electron chi connectivity index (χ4n) is 3.09. The highest BCUT2D eigenvalue weighted by atomic mass is 16.3. The van der Waals surface area contributed by atoms with E-state index in [1.165, 1.54) is 27.5 Å². The van der Waals surface area contributed by atoms with Crippen LogP contribution in [0.3, 0.4) is 0 Å². The van der Waals surface area contributed by atoms with Gasteiger partial charge in [-0.05, 0) is 60.5 Å². The van der Waals surface area contributed by atoms with Gasteiger partial charge in [0.15, 0.2) is 0 Å². The first-order chi connectivity index (χ1) is 11.1. The van der Waals surface area contributed by atoms with Gasteiger partial charge in [0.25, 0.3) is 0 Å². The van der Waals surface area contributed by atoms with Crippen molar-refractivity contribution in [1.29, 1.82) is 0 Å². The summed E-state index contributed by atoms with van der Waals surface area (Å²) in [4.78, 5) is 2.32. The van der Waals surface area contributed by atoms with Crippen molar-refractivity contribution < 1.29 is 5.11 Å². The summed E-state index contributed by atoms with van der Waals surface area (Å²) >= 11 is 0. The van der Waals surface area contributed by atoms with Gasteiger partial charge >= 0.3 is 0 Å². The van der Waals surface area contributed by atoms with Crippen molar-refractivity contribution in [2.45, 2.75) is 26.4 Å². The molecule has 3 rings (SSSR count). The van der Waals surface area contributed by atoms with E-state index in [2.05, 4.69) is 68.3 Å². The molecule has 0 aliphatic heterocycles. The van der Waals surface area contributed by atoms with Gasteiger partial charge in [-0.15, -0.1) is 0 Å². The summed E-state index contributed by atoms with van der Waals surface area (Å²) in [6.45, 7) is 5.13. The third-order valence-electron chi connectivity index (χ3n) is 4.69. The molecule has 118 valence electrons. The van der Waals surface area contributed by atoms with E-state index in [0.29, 0.717) is 11.8 Å². The van der Waals surface area contributed by atoms with Crippen molar-refractivity contribution in [3.05, 3.63) is 77.4 Å². The molecule has 0 aromatic heterocycles. The Morgan fingerprint density at radius 3 is 2.57 bits per heavy atom. The van der Waals surface area contributed by atoms with Crippen molar-refractivity contribution in [1.82, 2.24) is 4.90 Å². The molecule has 0 heterocycles. The fraction of sp³-hybridized carbons (Fsp3) is 0.238. The van der Waals surface area contributed by atoms with Crippen molar-refractivity contribution in [2.24, 2.45) is 0 Å². The maximum absolute atomic E-state index is 9.73. The Hall–Kier alpha value is -2.32. The van der Waals surface area contributed by atoms with E-state index in [1.54, 1.807) is 6.07 Å². The van der Waals surface area contributed by atoms with Gasteiger partial charge in [-0.1, -0.05) is 48.5 Å². The molecule has 0 spiro atoms. The molecule has 0 bridgehead atoms. The minimum absolute atomic E-state index is 0.294. The second-order valence-corrected chi connectivity index (χ2v) is 6.27. The van der Waals surface area contributed by atoms with Crippen LogP contribution in [0.25, 0.3) is 10.8 Å². The number of hydrogen-bond acceptors (Lipinski definition) is 2. The third-order valence-corrected chi connectivity index (χ3v) is 4.69. The number of aromatic hydroxyl groups is 1.